The maximum Gasteiger partial charge on any atom is 0.174 e. The van der Waals surface area contributed by atoms with Gasteiger partial charge in [-0.2, -0.15) is 0 Å². The van der Waals surface area contributed by atoms with E-state index in [1.807, 2.05) is 66.7 Å². The van der Waals surface area contributed by atoms with Gasteiger partial charge in [-0.3, -0.25) is 9.38 Å². The maximum absolute atomic E-state index is 16.2. The van der Waals surface area contributed by atoms with Crippen molar-refractivity contribution in [3.63, 3.8) is 0 Å². The summed E-state index contributed by atoms with van der Waals surface area (Å²) in [4.78, 5) is 9.97. The minimum Gasteiger partial charge on any atom is -0.308 e. The van der Waals surface area contributed by atoms with Crippen LogP contribution in [0.2, 0.25) is 0 Å². The first kappa shape index (κ1) is 24.3. The molecule has 0 bridgehead atoms. The molecule has 0 aliphatic heterocycles. The Labute approximate surface area is 247 Å². The van der Waals surface area contributed by atoms with Gasteiger partial charge in [0.15, 0.2) is 7.14 Å². The van der Waals surface area contributed by atoms with Gasteiger partial charge in [-0.25, -0.2) is 4.98 Å². The Balaban J connectivity index is 1.47. The minimum absolute atomic E-state index is 0.703. The molecule has 1 atom stereocenters. The molecule has 3 heterocycles. The van der Waals surface area contributed by atoms with Crippen LogP contribution in [-0.2, 0) is 4.57 Å². The summed E-state index contributed by atoms with van der Waals surface area (Å²) in [5, 5.41) is 8.70. The highest BCUT2D eigenvalue weighted by atomic mass is 31.2. The molecule has 9 rings (SSSR count). The van der Waals surface area contributed by atoms with Crippen molar-refractivity contribution in [2.45, 2.75) is 0 Å². The molecule has 5 heteroatoms. The average molecular weight is 570 g/mol. The second-order valence-electron chi connectivity index (χ2n) is 11.0. The van der Waals surface area contributed by atoms with E-state index in [2.05, 4.69) is 77.2 Å². The van der Waals surface area contributed by atoms with Crippen LogP contribution in [0, 0.1) is 0 Å². The SMILES string of the molecule is O=P(c1ccc2ccccc2c1)(c1cnc2ccccc2c1)c1cccc2nc3c4ccccc4c4ccccc4n3c12. The molecule has 202 valence electrons. The second kappa shape index (κ2) is 9.09. The monoisotopic (exact) mass is 569 g/mol. The fraction of sp³-hybridized carbons (Fsp3) is 0. The predicted octanol–water partition coefficient (Wildman–Crippen LogP) is 8.13. The van der Waals surface area contributed by atoms with Crippen LogP contribution in [0.1, 0.15) is 0 Å². The molecule has 0 spiro atoms. The lowest BCUT2D eigenvalue weighted by Gasteiger charge is -2.22. The van der Waals surface area contributed by atoms with Crippen molar-refractivity contribution >= 4 is 83.1 Å². The highest BCUT2D eigenvalue weighted by Gasteiger charge is 2.34. The summed E-state index contributed by atoms with van der Waals surface area (Å²) in [5.74, 6) is 0. The molecular formula is C38H24N3OP. The lowest BCUT2D eigenvalue weighted by molar-refractivity contribution is 0.592. The standard InChI is InChI=1S/C38H24N3OP/c42-43(28-21-20-25-10-1-2-11-26(25)22-28,29-23-27-12-3-7-16-33(27)39-24-29)36-19-9-17-34-37(36)41-35-18-8-6-14-31(35)30-13-4-5-15-32(30)38(41)40-34/h1-24H. The first-order chi connectivity index (χ1) is 21.2. The quantitative estimate of drug-likeness (QED) is 0.159. The van der Waals surface area contributed by atoms with Gasteiger partial charge in [-0.05, 0) is 52.6 Å². The number of pyridine rings is 2. The summed E-state index contributed by atoms with van der Waals surface area (Å²) in [5.41, 5.74) is 4.45. The summed E-state index contributed by atoms with van der Waals surface area (Å²) >= 11 is 0. The van der Waals surface area contributed by atoms with Crippen LogP contribution in [0.5, 0.6) is 0 Å². The molecule has 0 aliphatic rings. The summed E-state index contributed by atoms with van der Waals surface area (Å²) < 4.78 is 18.4. The largest absolute Gasteiger partial charge is 0.308 e. The Morgan fingerprint density at radius 3 is 2.09 bits per heavy atom. The third kappa shape index (κ3) is 3.48. The van der Waals surface area contributed by atoms with Crippen molar-refractivity contribution in [1.82, 2.24) is 14.4 Å². The van der Waals surface area contributed by atoms with Gasteiger partial charge >= 0.3 is 0 Å². The predicted molar refractivity (Wildman–Crippen MR) is 180 cm³/mol. The number of rotatable bonds is 3. The van der Waals surface area contributed by atoms with Crippen LogP contribution in [-0.4, -0.2) is 14.4 Å². The molecule has 43 heavy (non-hydrogen) atoms. The van der Waals surface area contributed by atoms with Gasteiger partial charge < -0.3 is 4.57 Å². The number of hydrogen-bond donors (Lipinski definition) is 0. The van der Waals surface area contributed by atoms with Crippen LogP contribution in [0.15, 0.2) is 146 Å². The van der Waals surface area contributed by atoms with Crippen LogP contribution in [0.25, 0.3) is 60.0 Å². The molecule has 0 amide bonds. The van der Waals surface area contributed by atoms with E-state index >= 15 is 4.57 Å². The fourth-order valence-corrected chi connectivity index (χ4v) is 9.43. The van der Waals surface area contributed by atoms with E-state index in [1.54, 1.807) is 6.20 Å². The van der Waals surface area contributed by atoms with Gasteiger partial charge in [0.2, 0.25) is 0 Å². The molecule has 0 saturated carbocycles. The molecule has 0 radical (unpaired) electrons. The Hall–Kier alpha value is -5.31. The topological polar surface area (TPSA) is 47.3 Å². The minimum atomic E-state index is -3.46. The molecule has 6 aromatic carbocycles. The summed E-state index contributed by atoms with van der Waals surface area (Å²) in [6.45, 7) is 0. The van der Waals surface area contributed by atoms with E-state index < -0.39 is 7.14 Å². The van der Waals surface area contributed by atoms with Crippen molar-refractivity contribution in [2.75, 3.05) is 0 Å². The number of imidazole rings is 1. The van der Waals surface area contributed by atoms with E-state index in [0.717, 1.165) is 70.6 Å². The first-order valence-corrected chi connectivity index (χ1v) is 16.1. The number of nitrogens with zero attached hydrogens (tertiary/aromatic N) is 3. The highest BCUT2D eigenvalue weighted by Crippen LogP contribution is 2.46. The number of benzene rings is 6. The van der Waals surface area contributed by atoms with E-state index in [4.69, 9.17) is 9.97 Å². The van der Waals surface area contributed by atoms with E-state index in [9.17, 15) is 0 Å². The Morgan fingerprint density at radius 2 is 1.21 bits per heavy atom. The number of hydrogen-bond acceptors (Lipinski definition) is 3. The van der Waals surface area contributed by atoms with E-state index in [1.165, 1.54) is 0 Å². The Morgan fingerprint density at radius 1 is 0.535 bits per heavy atom. The van der Waals surface area contributed by atoms with Gasteiger partial charge in [-0.1, -0.05) is 103 Å². The molecule has 0 aliphatic carbocycles. The van der Waals surface area contributed by atoms with E-state index in [-0.39, 0.29) is 0 Å². The smallest absolute Gasteiger partial charge is 0.174 e. The zero-order valence-corrected chi connectivity index (χ0v) is 23.9. The van der Waals surface area contributed by atoms with Crippen LogP contribution < -0.4 is 15.9 Å². The molecule has 0 N–H and O–H groups in total. The molecule has 1 unspecified atom stereocenters. The zero-order valence-electron chi connectivity index (χ0n) is 23.1. The van der Waals surface area contributed by atoms with Gasteiger partial charge in [0.25, 0.3) is 0 Å². The first-order valence-electron chi connectivity index (χ1n) is 14.4. The Bertz CT molecular complexity index is 2540. The highest BCUT2D eigenvalue weighted by molar-refractivity contribution is 7.85. The normalized spacial score (nSPS) is 13.4. The third-order valence-electron chi connectivity index (χ3n) is 8.63. The van der Waals surface area contributed by atoms with Crippen molar-refractivity contribution in [3.8, 4) is 0 Å². The van der Waals surface area contributed by atoms with Gasteiger partial charge in [0.05, 0.1) is 22.1 Å². The van der Waals surface area contributed by atoms with Crippen LogP contribution in [0.3, 0.4) is 0 Å². The molecule has 0 saturated heterocycles. The molecule has 4 nitrogen and oxygen atoms in total. The number of aromatic nitrogens is 3. The third-order valence-corrected chi connectivity index (χ3v) is 11.7. The van der Waals surface area contributed by atoms with Crippen LogP contribution in [0.4, 0.5) is 0 Å². The summed E-state index contributed by atoms with van der Waals surface area (Å²) in [6, 6.07) is 47.3. The average Bonchev–Trinajstić information content (AvgIpc) is 3.48. The lowest BCUT2D eigenvalue weighted by atomic mass is 10.1. The van der Waals surface area contributed by atoms with Crippen molar-refractivity contribution < 1.29 is 4.57 Å². The fourth-order valence-electron chi connectivity index (χ4n) is 6.62. The summed E-state index contributed by atoms with van der Waals surface area (Å²) in [7, 11) is -3.46. The molecule has 3 aromatic heterocycles. The Kier molecular flexibility index (Phi) is 5.14. The van der Waals surface area contributed by atoms with Crippen molar-refractivity contribution in [1.29, 1.82) is 0 Å². The van der Waals surface area contributed by atoms with Crippen LogP contribution >= 0.6 is 7.14 Å². The van der Waals surface area contributed by atoms with E-state index in [0.29, 0.717) is 5.30 Å². The van der Waals surface area contributed by atoms with Gasteiger partial charge in [-0.15, -0.1) is 0 Å². The van der Waals surface area contributed by atoms with Gasteiger partial charge in [0.1, 0.15) is 5.65 Å². The maximum atomic E-state index is 16.2. The molecule has 9 aromatic rings. The zero-order chi connectivity index (χ0) is 28.5. The summed E-state index contributed by atoms with van der Waals surface area (Å²) in [6.07, 6.45) is 1.80. The lowest BCUT2D eigenvalue weighted by Crippen LogP contribution is -2.26. The number of para-hydroxylation sites is 3. The second-order valence-corrected chi connectivity index (χ2v) is 13.7. The van der Waals surface area contributed by atoms with Gasteiger partial charge in [0, 0.05) is 38.3 Å². The molecule has 0 fully saturated rings. The van der Waals surface area contributed by atoms with Crippen molar-refractivity contribution in [3.05, 3.63) is 146 Å². The molecular weight excluding hydrogens is 545 g/mol. The number of fused-ring (bicyclic) bond motifs is 10. The van der Waals surface area contributed by atoms with Crippen molar-refractivity contribution in [2.24, 2.45) is 0 Å².